The highest BCUT2D eigenvalue weighted by atomic mass is 16.6. The number of phenols is 1. The molecule has 0 saturated carbocycles. The average Bonchev–Trinajstić information content (AvgIpc) is 3.32. The molecule has 3 aliphatic carbocycles. The Morgan fingerprint density at radius 1 is 1.06 bits per heavy atom. The third kappa shape index (κ3) is 2.78. The number of para-hydroxylation sites is 1. The second kappa shape index (κ2) is 7.23. The van der Waals surface area contributed by atoms with Gasteiger partial charge in [0.15, 0.2) is 5.82 Å². The first-order valence-corrected chi connectivity index (χ1v) is 11.2. The van der Waals surface area contributed by atoms with E-state index in [4.69, 9.17) is 0 Å². The molecular formula is C26H21N5O4. The van der Waals surface area contributed by atoms with Gasteiger partial charge in [-0.05, 0) is 30.2 Å². The second-order valence-electron chi connectivity index (χ2n) is 9.30. The number of nitrogens with zero attached hydrogens (tertiary/aromatic N) is 3. The number of carbonyl (C=O) groups is 1. The fourth-order valence-electron chi connectivity index (χ4n) is 5.90. The number of carbonyl (C=O) groups excluding carboxylic acids is 1. The lowest BCUT2D eigenvalue weighted by atomic mass is 9.49. The van der Waals surface area contributed by atoms with Crippen LogP contribution in [0.2, 0.25) is 0 Å². The van der Waals surface area contributed by atoms with Crippen LogP contribution in [-0.2, 0) is 10.3 Å². The number of H-pyrrole nitrogens is 1. The van der Waals surface area contributed by atoms with Crippen molar-refractivity contribution in [1.29, 1.82) is 0 Å². The van der Waals surface area contributed by atoms with E-state index < -0.39 is 16.9 Å². The van der Waals surface area contributed by atoms with Crippen molar-refractivity contribution < 1.29 is 14.8 Å². The Hall–Kier alpha value is -4.53. The van der Waals surface area contributed by atoms with Gasteiger partial charge in [0.05, 0.1) is 11.0 Å². The van der Waals surface area contributed by atoms with Crippen molar-refractivity contribution in [2.75, 3.05) is 5.32 Å². The van der Waals surface area contributed by atoms with Gasteiger partial charge in [0, 0.05) is 28.4 Å². The van der Waals surface area contributed by atoms with Gasteiger partial charge in [-0.15, -0.1) is 5.10 Å². The van der Waals surface area contributed by atoms with E-state index in [-0.39, 0.29) is 29.0 Å². The number of rotatable bonds is 4. The largest absolute Gasteiger partial charge is 0.507 e. The van der Waals surface area contributed by atoms with E-state index in [1.54, 1.807) is 49.4 Å². The fourth-order valence-corrected chi connectivity index (χ4v) is 5.90. The summed E-state index contributed by atoms with van der Waals surface area (Å²) in [5.41, 5.74) is 0.629. The number of anilines is 1. The smallest absolute Gasteiger partial charge is 0.273 e. The highest BCUT2D eigenvalue weighted by Gasteiger charge is 2.67. The Morgan fingerprint density at radius 2 is 1.66 bits per heavy atom. The monoisotopic (exact) mass is 467 g/mol. The molecule has 0 spiro atoms. The zero-order valence-corrected chi connectivity index (χ0v) is 18.7. The number of fused-ring (bicyclic) bond motifs is 1. The SMILES string of the molecule is C[C@]1(C(=O)Nc2n[nH]c(-c3ccccc3O)n2)CC2([N+](=O)[O-])c3ccccc3C1c1ccccc12. The summed E-state index contributed by atoms with van der Waals surface area (Å²) < 4.78 is 0. The van der Waals surface area contributed by atoms with Crippen LogP contribution in [0.1, 0.15) is 41.5 Å². The van der Waals surface area contributed by atoms with Gasteiger partial charge in [-0.1, -0.05) is 60.7 Å². The van der Waals surface area contributed by atoms with Gasteiger partial charge in [0.1, 0.15) is 5.75 Å². The molecule has 1 heterocycles. The molecular weight excluding hydrogens is 446 g/mol. The van der Waals surface area contributed by atoms with Crippen LogP contribution in [0.3, 0.4) is 0 Å². The molecule has 3 aliphatic rings. The molecule has 1 aromatic heterocycles. The third-order valence-electron chi connectivity index (χ3n) is 7.40. The van der Waals surface area contributed by atoms with Gasteiger partial charge in [0.2, 0.25) is 11.9 Å². The van der Waals surface area contributed by atoms with E-state index in [1.807, 2.05) is 24.3 Å². The number of nitrogens with one attached hydrogen (secondary N) is 2. The quantitative estimate of drug-likeness (QED) is 0.304. The Bertz CT molecular complexity index is 1470. The third-order valence-corrected chi connectivity index (χ3v) is 7.40. The first kappa shape index (κ1) is 21.0. The molecule has 0 fully saturated rings. The number of benzene rings is 3. The van der Waals surface area contributed by atoms with E-state index >= 15 is 0 Å². The minimum absolute atomic E-state index is 0.00821. The van der Waals surface area contributed by atoms with Crippen LogP contribution in [-0.4, -0.2) is 31.1 Å². The summed E-state index contributed by atoms with van der Waals surface area (Å²) in [5.74, 6) is -0.410. The summed E-state index contributed by atoms with van der Waals surface area (Å²) in [4.78, 5) is 30.6. The molecule has 3 N–H and O–H groups in total. The number of amides is 1. The summed E-state index contributed by atoms with van der Waals surface area (Å²) in [7, 11) is 0. The van der Waals surface area contributed by atoms with E-state index in [2.05, 4.69) is 20.5 Å². The number of nitro groups is 1. The zero-order chi connectivity index (χ0) is 24.4. The van der Waals surface area contributed by atoms with Gasteiger partial charge < -0.3 is 5.11 Å². The van der Waals surface area contributed by atoms with Crippen LogP contribution in [0.5, 0.6) is 5.75 Å². The number of phenolic OH excluding ortho intramolecular Hbond substituents is 1. The van der Waals surface area contributed by atoms with Crippen LogP contribution in [0, 0.1) is 15.5 Å². The van der Waals surface area contributed by atoms with E-state index in [1.165, 1.54) is 6.07 Å². The second-order valence-corrected chi connectivity index (χ2v) is 9.30. The highest BCUT2D eigenvalue weighted by Crippen LogP contribution is 2.63. The maximum Gasteiger partial charge on any atom is 0.273 e. The molecule has 4 aromatic rings. The van der Waals surface area contributed by atoms with Crippen LogP contribution < -0.4 is 5.32 Å². The molecule has 174 valence electrons. The minimum atomic E-state index is -1.53. The molecule has 2 bridgehead atoms. The van der Waals surface area contributed by atoms with Crippen LogP contribution in [0.15, 0.2) is 72.8 Å². The van der Waals surface area contributed by atoms with Crippen molar-refractivity contribution in [3.05, 3.63) is 105 Å². The van der Waals surface area contributed by atoms with Crippen LogP contribution >= 0.6 is 0 Å². The van der Waals surface area contributed by atoms with E-state index in [0.29, 0.717) is 22.5 Å². The molecule has 0 unspecified atom stereocenters. The molecule has 7 rings (SSSR count). The van der Waals surface area contributed by atoms with Crippen LogP contribution in [0.4, 0.5) is 5.95 Å². The van der Waals surface area contributed by atoms with Crippen molar-refractivity contribution in [3.63, 3.8) is 0 Å². The summed E-state index contributed by atoms with van der Waals surface area (Å²) in [6.07, 6.45) is 0.00821. The summed E-state index contributed by atoms with van der Waals surface area (Å²) >= 11 is 0. The Kier molecular flexibility index (Phi) is 4.35. The van der Waals surface area contributed by atoms with Gasteiger partial charge in [-0.2, -0.15) is 4.98 Å². The molecule has 1 amide bonds. The molecule has 9 nitrogen and oxygen atoms in total. The topological polar surface area (TPSA) is 134 Å². The number of aromatic nitrogens is 3. The average molecular weight is 467 g/mol. The summed E-state index contributed by atoms with van der Waals surface area (Å²) in [5, 5.41) is 32.4. The van der Waals surface area contributed by atoms with Crippen molar-refractivity contribution in [3.8, 4) is 17.1 Å². The molecule has 0 radical (unpaired) electrons. The summed E-state index contributed by atoms with van der Waals surface area (Å²) in [6, 6.07) is 21.3. The first-order chi connectivity index (χ1) is 16.9. The zero-order valence-electron chi connectivity index (χ0n) is 18.7. The lowest BCUT2D eigenvalue weighted by molar-refractivity contribution is -0.573. The number of hydrogen-bond acceptors (Lipinski definition) is 6. The predicted octanol–water partition coefficient (Wildman–Crippen LogP) is 4.19. The molecule has 9 heteroatoms. The molecule has 35 heavy (non-hydrogen) atoms. The fraction of sp³-hybridized carbons (Fsp3) is 0.192. The Morgan fingerprint density at radius 3 is 2.29 bits per heavy atom. The standard InChI is InChI=1S/C26H21N5O4/c1-25(23(33)28-24-27-22(29-30-24)17-10-4-7-13-20(17)32)14-26(31(34)35)18-11-5-2-8-15(18)21(25)16-9-3-6-12-19(16)26/h2-13,21,32H,14H2,1H3,(H2,27,28,29,30,33)/t21?,25-,26?/m0/s1. The molecule has 3 aromatic carbocycles. The predicted molar refractivity (Wildman–Crippen MR) is 127 cm³/mol. The normalized spacial score (nSPS) is 23.9. The lowest BCUT2D eigenvalue weighted by Crippen LogP contribution is -2.57. The lowest BCUT2D eigenvalue weighted by Gasteiger charge is -2.52. The van der Waals surface area contributed by atoms with Gasteiger partial charge in [-0.25, -0.2) is 0 Å². The van der Waals surface area contributed by atoms with Crippen LogP contribution in [0.25, 0.3) is 11.4 Å². The Labute approximate surface area is 200 Å². The van der Waals surface area contributed by atoms with Crippen molar-refractivity contribution in [2.45, 2.75) is 24.8 Å². The number of aromatic amines is 1. The van der Waals surface area contributed by atoms with E-state index in [9.17, 15) is 20.0 Å². The number of aromatic hydroxyl groups is 1. The first-order valence-electron chi connectivity index (χ1n) is 11.2. The van der Waals surface area contributed by atoms with Gasteiger partial charge in [-0.3, -0.25) is 25.3 Å². The van der Waals surface area contributed by atoms with Gasteiger partial charge in [0.25, 0.3) is 5.54 Å². The molecule has 0 aliphatic heterocycles. The Balaban J connectivity index is 1.43. The van der Waals surface area contributed by atoms with Crippen molar-refractivity contribution in [2.24, 2.45) is 5.41 Å². The number of hydrogen-bond donors (Lipinski definition) is 3. The highest BCUT2D eigenvalue weighted by molar-refractivity contribution is 5.96. The van der Waals surface area contributed by atoms with Gasteiger partial charge >= 0.3 is 0 Å². The maximum atomic E-state index is 13.8. The van der Waals surface area contributed by atoms with E-state index in [0.717, 1.165) is 11.1 Å². The minimum Gasteiger partial charge on any atom is -0.507 e. The van der Waals surface area contributed by atoms with Crippen molar-refractivity contribution in [1.82, 2.24) is 15.2 Å². The molecule has 1 atom stereocenters. The summed E-state index contributed by atoms with van der Waals surface area (Å²) in [6.45, 7) is 1.77. The van der Waals surface area contributed by atoms with Crippen molar-refractivity contribution >= 4 is 11.9 Å². The molecule has 0 saturated heterocycles. The maximum absolute atomic E-state index is 13.8.